The van der Waals surface area contributed by atoms with Crippen molar-refractivity contribution in [2.24, 2.45) is 4.99 Å². The number of benzene rings is 1. The second kappa shape index (κ2) is 3.73. The third kappa shape index (κ3) is 3.41. The van der Waals surface area contributed by atoms with Crippen LogP contribution in [0, 0.1) is 0 Å². The van der Waals surface area contributed by atoms with Gasteiger partial charge in [-0.3, -0.25) is 4.99 Å². The fourth-order valence-corrected chi connectivity index (χ4v) is 1.25. The maximum absolute atomic E-state index is 4.60. The van der Waals surface area contributed by atoms with E-state index in [2.05, 4.69) is 44.8 Å². The highest BCUT2D eigenvalue weighted by Crippen LogP contribution is 2.10. The lowest BCUT2D eigenvalue weighted by molar-refractivity contribution is 0.584. The summed E-state index contributed by atoms with van der Waals surface area (Å²) in [7, 11) is 0. The lowest BCUT2D eigenvalue weighted by atomic mass is 10.1. The van der Waals surface area contributed by atoms with Crippen molar-refractivity contribution in [2.45, 2.75) is 33.2 Å². The molecule has 0 bridgehead atoms. The molecule has 0 spiro atoms. The van der Waals surface area contributed by atoms with Crippen LogP contribution in [0.15, 0.2) is 35.3 Å². The van der Waals surface area contributed by atoms with Gasteiger partial charge in [-0.2, -0.15) is 0 Å². The summed E-state index contributed by atoms with van der Waals surface area (Å²) < 4.78 is 0. The van der Waals surface area contributed by atoms with E-state index in [9.17, 15) is 0 Å². The summed E-state index contributed by atoms with van der Waals surface area (Å²) in [6.45, 7) is 8.39. The van der Waals surface area contributed by atoms with Crippen LogP contribution in [0.5, 0.6) is 0 Å². The van der Waals surface area contributed by atoms with E-state index in [4.69, 9.17) is 0 Å². The van der Waals surface area contributed by atoms with Crippen LogP contribution >= 0.6 is 0 Å². The molecule has 1 nitrogen and oxygen atoms in total. The Kier molecular flexibility index (Phi) is 2.86. The van der Waals surface area contributed by atoms with Crippen molar-refractivity contribution in [3.05, 3.63) is 35.9 Å². The average molecular weight is 175 g/mol. The second-order valence-electron chi connectivity index (χ2n) is 4.23. The first kappa shape index (κ1) is 9.97. The number of hydrogen-bond acceptors (Lipinski definition) is 1. The van der Waals surface area contributed by atoms with Gasteiger partial charge in [-0.15, -0.1) is 0 Å². The molecule has 0 amide bonds. The van der Waals surface area contributed by atoms with E-state index in [1.165, 1.54) is 5.56 Å². The van der Waals surface area contributed by atoms with E-state index in [-0.39, 0.29) is 5.54 Å². The molecule has 0 aromatic heterocycles. The maximum Gasteiger partial charge on any atom is 0.0527 e. The van der Waals surface area contributed by atoms with E-state index in [0.29, 0.717) is 0 Å². The predicted octanol–water partition coefficient (Wildman–Crippen LogP) is 3.29. The fraction of sp³-hybridized carbons (Fsp3) is 0.417. The summed E-state index contributed by atoms with van der Waals surface area (Å²) in [5, 5.41) is 0. The van der Waals surface area contributed by atoms with Gasteiger partial charge in [0.1, 0.15) is 0 Å². The molecule has 0 saturated carbocycles. The molecule has 1 aromatic rings. The zero-order valence-corrected chi connectivity index (χ0v) is 8.83. The van der Waals surface area contributed by atoms with E-state index in [1.54, 1.807) is 0 Å². The molecule has 0 N–H and O–H groups in total. The van der Waals surface area contributed by atoms with Crippen LogP contribution in [-0.2, 0) is 0 Å². The molecule has 0 aliphatic rings. The van der Waals surface area contributed by atoms with Crippen molar-refractivity contribution >= 4 is 5.71 Å². The van der Waals surface area contributed by atoms with Gasteiger partial charge in [0, 0.05) is 5.71 Å². The normalized spacial score (nSPS) is 13.1. The predicted molar refractivity (Wildman–Crippen MR) is 58.4 cm³/mol. The Morgan fingerprint density at radius 3 is 2.08 bits per heavy atom. The van der Waals surface area contributed by atoms with Crippen molar-refractivity contribution in [1.82, 2.24) is 0 Å². The smallest absolute Gasteiger partial charge is 0.0527 e. The van der Waals surface area contributed by atoms with E-state index >= 15 is 0 Å². The molecule has 0 heterocycles. The Bertz CT molecular complexity index is 291. The quantitative estimate of drug-likeness (QED) is 0.581. The molecule has 1 aromatic carbocycles. The van der Waals surface area contributed by atoms with Gasteiger partial charge >= 0.3 is 0 Å². The molecular weight excluding hydrogens is 158 g/mol. The minimum Gasteiger partial charge on any atom is -0.284 e. The van der Waals surface area contributed by atoms with Crippen molar-refractivity contribution in [3.8, 4) is 0 Å². The number of hydrogen-bond donors (Lipinski definition) is 0. The van der Waals surface area contributed by atoms with Gasteiger partial charge in [0.25, 0.3) is 0 Å². The molecule has 0 radical (unpaired) electrons. The van der Waals surface area contributed by atoms with Crippen molar-refractivity contribution < 1.29 is 0 Å². The molecule has 1 rings (SSSR count). The molecular formula is C12H17N. The Labute approximate surface area is 80.5 Å². The minimum absolute atomic E-state index is 0.0138. The highest BCUT2D eigenvalue weighted by molar-refractivity contribution is 5.98. The molecule has 13 heavy (non-hydrogen) atoms. The Morgan fingerprint density at radius 2 is 1.62 bits per heavy atom. The summed E-state index contributed by atoms with van der Waals surface area (Å²) in [4.78, 5) is 4.60. The summed E-state index contributed by atoms with van der Waals surface area (Å²) in [6, 6.07) is 10.3. The van der Waals surface area contributed by atoms with Gasteiger partial charge in [0.2, 0.25) is 0 Å². The van der Waals surface area contributed by atoms with Crippen LogP contribution in [0.1, 0.15) is 33.3 Å². The number of aliphatic imine (C=N–C) groups is 1. The molecule has 0 aliphatic heterocycles. The molecule has 0 saturated heterocycles. The van der Waals surface area contributed by atoms with Crippen LogP contribution in [0.2, 0.25) is 0 Å². The van der Waals surface area contributed by atoms with Gasteiger partial charge in [-0.25, -0.2) is 0 Å². The zero-order valence-electron chi connectivity index (χ0n) is 8.83. The van der Waals surface area contributed by atoms with Crippen LogP contribution in [0.4, 0.5) is 0 Å². The zero-order chi connectivity index (χ0) is 9.90. The van der Waals surface area contributed by atoms with Crippen molar-refractivity contribution in [1.29, 1.82) is 0 Å². The number of rotatable bonds is 1. The topological polar surface area (TPSA) is 12.4 Å². The van der Waals surface area contributed by atoms with Crippen molar-refractivity contribution in [2.75, 3.05) is 0 Å². The summed E-state index contributed by atoms with van der Waals surface area (Å²) in [5.41, 5.74) is 2.32. The average Bonchev–Trinajstić information content (AvgIpc) is 2.03. The Balaban J connectivity index is 2.92. The largest absolute Gasteiger partial charge is 0.284 e. The molecule has 0 unspecified atom stereocenters. The molecule has 1 heteroatoms. The third-order valence-corrected chi connectivity index (χ3v) is 1.69. The lowest BCUT2D eigenvalue weighted by Crippen LogP contribution is -2.13. The Hall–Kier alpha value is -1.11. The molecule has 0 atom stereocenters. The highest BCUT2D eigenvalue weighted by Gasteiger charge is 2.07. The van der Waals surface area contributed by atoms with Crippen LogP contribution in [0.25, 0.3) is 0 Å². The van der Waals surface area contributed by atoms with Gasteiger partial charge in [0.05, 0.1) is 5.54 Å². The monoisotopic (exact) mass is 175 g/mol. The second-order valence-corrected chi connectivity index (χ2v) is 4.23. The van der Waals surface area contributed by atoms with Crippen LogP contribution in [0.3, 0.4) is 0 Å². The van der Waals surface area contributed by atoms with E-state index in [0.717, 1.165) is 5.71 Å². The number of nitrogens with zero attached hydrogens (tertiary/aromatic N) is 1. The summed E-state index contributed by atoms with van der Waals surface area (Å²) in [6.07, 6.45) is 0. The van der Waals surface area contributed by atoms with Crippen LogP contribution in [-0.4, -0.2) is 11.3 Å². The summed E-state index contributed by atoms with van der Waals surface area (Å²) in [5.74, 6) is 0. The summed E-state index contributed by atoms with van der Waals surface area (Å²) >= 11 is 0. The molecule has 70 valence electrons. The van der Waals surface area contributed by atoms with Crippen molar-refractivity contribution in [3.63, 3.8) is 0 Å². The first-order valence-corrected chi connectivity index (χ1v) is 4.61. The third-order valence-electron chi connectivity index (χ3n) is 1.69. The molecule has 0 aliphatic carbocycles. The first-order chi connectivity index (χ1) is 5.99. The minimum atomic E-state index is 0.0138. The van der Waals surface area contributed by atoms with Gasteiger partial charge in [-0.05, 0) is 33.3 Å². The molecule has 0 fully saturated rings. The fourth-order valence-electron chi connectivity index (χ4n) is 1.25. The highest BCUT2D eigenvalue weighted by atomic mass is 14.8. The van der Waals surface area contributed by atoms with Gasteiger partial charge < -0.3 is 0 Å². The van der Waals surface area contributed by atoms with Crippen LogP contribution < -0.4 is 0 Å². The first-order valence-electron chi connectivity index (χ1n) is 4.61. The maximum atomic E-state index is 4.60. The Morgan fingerprint density at radius 1 is 1.08 bits per heavy atom. The SMILES string of the molecule is C/C(=N\C(C)(C)C)c1ccccc1. The lowest BCUT2D eigenvalue weighted by Gasteiger charge is -2.13. The van der Waals surface area contributed by atoms with Gasteiger partial charge in [-0.1, -0.05) is 30.3 Å². The van der Waals surface area contributed by atoms with E-state index < -0.39 is 0 Å². The van der Waals surface area contributed by atoms with Gasteiger partial charge in [0.15, 0.2) is 0 Å². The van der Waals surface area contributed by atoms with E-state index in [1.807, 2.05) is 18.2 Å². The standard InChI is InChI=1S/C12H17N/c1-10(13-12(2,3)4)11-8-6-5-7-9-11/h5-9H,1-4H3/b13-10+.